The molecule has 2 rings (SSSR count). The summed E-state index contributed by atoms with van der Waals surface area (Å²) in [6, 6.07) is 3.37. The molecular formula is C12H12BrN3O3S. The third-order valence-corrected chi connectivity index (χ3v) is 3.62. The monoisotopic (exact) mass is 357 g/mol. The van der Waals surface area contributed by atoms with Crippen LogP contribution in [-0.2, 0) is 4.79 Å². The van der Waals surface area contributed by atoms with Gasteiger partial charge in [-0.05, 0) is 19.1 Å². The summed E-state index contributed by atoms with van der Waals surface area (Å²) >= 11 is 4.62. The Morgan fingerprint density at radius 3 is 3.05 bits per heavy atom. The molecule has 0 atom stereocenters. The average Bonchev–Trinajstić information content (AvgIpc) is 2.81. The average molecular weight is 358 g/mol. The summed E-state index contributed by atoms with van der Waals surface area (Å²) in [5.74, 6) is 0.639. The zero-order valence-corrected chi connectivity index (χ0v) is 13.0. The number of hydrogen-bond acceptors (Lipinski definition) is 6. The third kappa shape index (κ3) is 3.73. The molecule has 0 saturated carbocycles. The molecule has 1 aromatic rings. The van der Waals surface area contributed by atoms with Crippen molar-refractivity contribution < 1.29 is 14.6 Å². The highest BCUT2D eigenvalue weighted by molar-refractivity contribution is 9.10. The number of ether oxygens (including phenoxy) is 1. The lowest BCUT2D eigenvalue weighted by atomic mass is 10.2. The molecule has 0 unspecified atom stereocenters. The quantitative estimate of drug-likeness (QED) is 0.638. The van der Waals surface area contributed by atoms with E-state index in [1.54, 1.807) is 12.1 Å². The van der Waals surface area contributed by atoms with Crippen molar-refractivity contribution in [3.63, 3.8) is 0 Å². The van der Waals surface area contributed by atoms with Gasteiger partial charge in [-0.1, -0.05) is 27.7 Å². The van der Waals surface area contributed by atoms with Crippen molar-refractivity contribution in [2.75, 3.05) is 12.4 Å². The molecule has 6 nitrogen and oxygen atoms in total. The van der Waals surface area contributed by atoms with Crippen LogP contribution in [0.1, 0.15) is 12.5 Å². The SMILES string of the molecule is CCOc1cc(Br)cc(C=NN=C2NC(=O)CS2)c1O. The van der Waals surface area contributed by atoms with E-state index >= 15 is 0 Å². The van der Waals surface area contributed by atoms with Gasteiger partial charge in [0.05, 0.1) is 18.6 Å². The molecule has 0 aromatic heterocycles. The molecular weight excluding hydrogens is 346 g/mol. The largest absolute Gasteiger partial charge is 0.504 e. The number of phenolic OH excluding ortho intramolecular Hbond substituents is 1. The first-order valence-electron chi connectivity index (χ1n) is 5.79. The van der Waals surface area contributed by atoms with Gasteiger partial charge in [-0.3, -0.25) is 4.79 Å². The Balaban J connectivity index is 2.18. The van der Waals surface area contributed by atoms with E-state index in [4.69, 9.17) is 4.74 Å². The molecule has 1 aliphatic heterocycles. The summed E-state index contributed by atoms with van der Waals surface area (Å²) in [6.45, 7) is 2.28. The van der Waals surface area contributed by atoms with Crippen LogP contribution in [0, 0.1) is 0 Å². The second kappa shape index (κ2) is 6.76. The van der Waals surface area contributed by atoms with Crippen LogP contribution in [0.2, 0.25) is 0 Å². The molecule has 1 saturated heterocycles. The van der Waals surface area contributed by atoms with E-state index in [0.29, 0.717) is 28.8 Å². The normalized spacial score (nSPS) is 16.9. The van der Waals surface area contributed by atoms with Crippen LogP contribution in [0.5, 0.6) is 11.5 Å². The van der Waals surface area contributed by atoms with Gasteiger partial charge >= 0.3 is 0 Å². The topological polar surface area (TPSA) is 83.3 Å². The van der Waals surface area contributed by atoms with Crippen molar-refractivity contribution in [3.8, 4) is 11.5 Å². The first-order chi connectivity index (χ1) is 9.60. The molecule has 0 radical (unpaired) electrons. The van der Waals surface area contributed by atoms with Crippen molar-refractivity contribution in [2.45, 2.75) is 6.92 Å². The van der Waals surface area contributed by atoms with Crippen molar-refractivity contribution in [2.24, 2.45) is 10.2 Å². The Kier molecular flexibility index (Phi) is 5.02. The van der Waals surface area contributed by atoms with E-state index in [1.165, 1.54) is 18.0 Å². The summed E-state index contributed by atoms with van der Waals surface area (Å²) in [5.41, 5.74) is 0.474. The van der Waals surface area contributed by atoms with Gasteiger partial charge in [0, 0.05) is 10.0 Å². The van der Waals surface area contributed by atoms with Crippen molar-refractivity contribution >= 4 is 45.0 Å². The van der Waals surface area contributed by atoms with Gasteiger partial charge in [0.1, 0.15) is 0 Å². The van der Waals surface area contributed by atoms with Crippen LogP contribution >= 0.6 is 27.7 Å². The highest BCUT2D eigenvalue weighted by Crippen LogP contribution is 2.32. The minimum Gasteiger partial charge on any atom is -0.504 e. The van der Waals surface area contributed by atoms with E-state index in [9.17, 15) is 9.90 Å². The number of nitrogens with zero attached hydrogens (tertiary/aromatic N) is 2. The van der Waals surface area contributed by atoms with Gasteiger partial charge in [0.2, 0.25) is 5.91 Å². The Bertz CT molecular complexity index is 590. The van der Waals surface area contributed by atoms with Crippen LogP contribution < -0.4 is 10.1 Å². The first kappa shape index (κ1) is 14.9. The molecule has 0 spiro atoms. The zero-order chi connectivity index (χ0) is 14.5. The summed E-state index contributed by atoms with van der Waals surface area (Å²) in [5, 5.41) is 20.7. The molecule has 1 fully saturated rings. The number of benzene rings is 1. The van der Waals surface area contributed by atoms with Gasteiger partial charge < -0.3 is 15.2 Å². The minimum atomic E-state index is -0.0899. The van der Waals surface area contributed by atoms with Crippen molar-refractivity contribution in [1.82, 2.24) is 5.32 Å². The Morgan fingerprint density at radius 1 is 1.60 bits per heavy atom. The maximum Gasteiger partial charge on any atom is 0.236 e. The summed E-state index contributed by atoms with van der Waals surface area (Å²) in [6.07, 6.45) is 1.40. The fourth-order valence-corrected chi connectivity index (χ4v) is 2.57. The Morgan fingerprint density at radius 2 is 2.40 bits per heavy atom. The molecule has 1 aromatic carbocycles. The lowest BCUT2D eigenvalue weighted by Crippen LogP contribution is -2.19. The highest BCUT2D eigenvalue weighted by Gasteiger charge is 2.16. The number of carbonyl (C=O) groups excluding carboxylic acids is 1. The number of rotatable bonds is 4. The van der Waals surface area contributed by atoms with Crippen molar-refractivity contribution in [3.05, 3.63) is 22.2 Å². The fraction of sp³-hybridized carbons (Fsp3) is 0.250. The first-order valence-corrected chi connectivity index (χ1v) is 7.57. The molecule has 106 valence electrons. The smallest absolute Gasteiger partial charge is 0.236 e. The standard InChI is InChI=1S/C12H12BrN3O3S/c1-2-19-9-4-8(13)3-7(11(9)18)5-14-16-12-15-10(17)6-20-12/h3-5,18H,2,6H2,1H3,(H,15,16,17). The van der Waals surface area contributed by atoms with Crippen LogP contribution in [0.25, 0.3) is 0 Å². The lowest BCUT2D eigenvalue weighted by Gasteiger charge is -2.08. The van der Waals surface area contributed by atoms with Crippen molar-refractivity contribution in [1.29, 1.82) is 0 Å². The van der Waals surface area contributed by atoms with E-state index in [1.807, 2.05) is 6.92 Å². The molecule has 2 N–H and O–H groups in total. The second-order valence-corrected chi connectivity index (χ2v) is 5.64. The van der Waals surface area contributed by atoms with Crippen LogP contribution in [0.3, 0.4) is 0 Å². The van der Waals surface area contributed by atoms with Crippen LogP contribution in [-0.4, -0.2) is 34.8 Å². The molecule has 0 aliphatic carbocycles. The second-order valence-electron chi connectivity index (χ2n) is 3.76. The predicted octanol–water partition coefficient (Wildman–Crippen LogP) is 2.11. The van der Waals surface area contributed by atoms with Gasteiger partial charge in [0.25, 0.3) is 0 Å². The molecule has 1 amide bonds. The van der Waals surface area contributed by atoms with Gasteiger partial charge in [-0.15, -0.1) is 5.10 Å². The Hall–Kier alpha value is -1.54. The number of hydrogen-bond donors (Lipinski definition) is 2. The summed E-state index contributed by atoms with van der Waals surface area (Å²) in [4.78, 5) is 11.0. The number of nitrogens with one attached hydrogen (secondary N) is 1. The fourth-order valence-electron chi connectivity index (χ4n) is 1.48. The lowest BCUT2D eigenvalue weighted by molar-refractivity contribution is -0.116. The number of thioether (sulfide) groups is 1. The molecule has 1 aliphatic rings. The number of carbonyl (C=O) groups is 1. The van der Waals surface area contributed by atoms with Gasteiger partial charge in [0.15, 0.2) is 16.7 Å². The molecule has 1 heterocycles. The third-order valence-electron chi connectivity index (χ3n) is 2.30. The van der Waals surface area contributed by atoms with E-state index in [0.717, 1.165) is 4.47 Å². The Labute approximate surface area is 128 Å². The number of halogens is 1. The minimum absolute atomic E-state index is 0.00195. The van der Waals surface area contributed by atoms with Gasteiger partial charge in [-0.25, -0.2) is 0 Å². The van der Waals surface area contributed by atoms with Crippen LogP contribution in [0.15, 0.2) is 26.8 Å². The summed E-state index contributed by atoms with van der Waals surface area (Å²) < 4.78 is 6.07. The number of aromatic hydroxyl groups is 1. The number of phenols is 1. The zero-order valence-electron chi connectivity index (χ0n) is 10.6. The van der Waals surface area contributed by atoms with E-state index in [2.05, 4.69) is 31.4 Å². The predicted molar refractivity (Wildman–Crippen MR) is 82.6 cm³/mol. The van der Waals surface area contributed by atoms with E-state index in [-0.39, 0.29) is 11.7 Å². The highest BCUT2D eigenvalue weighted by atomic mass is 79.9. The maximum atomic E-state index is 11.0. The van der Waals surface area contributed by atoms with Gasteiger partial charge in [-0.2, -0.15) is 5.10 Å². The molecule has 20 heavy (non-hydrogen) atoms. The van der Waals surface area contributed by atoms with E-state index < -0.39 is 0 Å². The molecule has 8 heteroatoms. The maximum absolute atomic E-state index is 11.0. The summed E-state index contributed by atoms with van der Waals surface area (Å²) in [7, 11) is 0. The number of amidine groups is 1. The molecule has 0 bridgehead atoms. The van der Waals surface area contributed by atoms with Crippen LogP contribution in [0.4, 0.5) is 0 Å². The number of amides is 1.